The average Bonchev–Trinajstić information content (AvgIpc) is 3.09. The lowest BCUT2D eigenvalue weighted by Gasteiger charge is -2.09. The van der Waals surface area contributed by atoms with Gasteiger partial charge in [0.2, 0.25) is 0 Å². The zero-order valence-electron chi connectivity index (χ0n) is 16.2. The largest absolute Gasteiger partial charge is 0.497 e. The van der Waals surface area contributed by atoms with Gasteiger partial charge < -0.3 is 9.30 Å². The molecule has 0 N–H and O–H groups in total. The van der Waals surface area contributed by atoms with E-state index in [2.05, 4.69) is 32.6 Å². The lowest BCUT2D eigenvalue weighted by molar-refractivity contribution is 0.102. The fourth-order valence-electron chi connectivity index (χ4n) is 3.09. The number of hydrogen-bond donors (Lipinski definition) is 0. The molecule has 0 saturated carbocycles. The molecule has 4 nitrogen and oxygen atoms in total. The maximum atomic E-state index is 12.6. The molecule has 0 fully saturated rings. The molecule has 3 aromatic carbocycles. The SMILES string of the molecule is Br.COc1ccc2c(c1)nc(SCC(=O)c1ccc(Br)cc1)n2Cc1ccccc1. The van der Waals surface area contributed by atoms with Crippen LogP contribution in [-0.2, 0) is 6.54 Å². The van der Waals surface area contributed by atoms with Crippen molar-refractivity contribution in [3.05, 3.63) is 88.4 Å². The van der Waals surface area contributed by atoms with E-state index in [0.717, 1.165) is 26.4 Å². The van der Waals surface area contributed by atoms with Crippen LogP contribution in [0.25, 0.3) is 11.0 Å². The number of aromatic nitrogens is 2. The zero-order valence-corrected chi connectivity index (χ0v) is 20.4. The maximum absolute atomic E-state index is 12.6. The summed E-state index contributed by atoms with van der Waals surface area (Å²) in [5.74, 6) is 1.18. The number of halogens is 2. The third-order valence-electron chi connectivity index (χ3n) is 4.60. The van der Waals surface area contributed by atoms with E-state index in [1.807, 2.05) is 60.7 Å². The molecular formula is C23H20Br2N2O2S. The van der Waals surface area contributed by atoms with E-state index in [0.29, 0.717) is 17.9 Å². The van der Waals surface area contributed by atoms with Gasteiger partial charge in [-0.15, -0.1) is 17.0 Å². The van der Waals surface area contributed by atoms with Crippen LogP contribution in [0.2, 0.25) is 0 Å². The standard InChI is InChI=1S/C23H19BrN2O2S.BrH/c1-28-19-11-12-21-20(13-19)25-23(26(21)14-16-5-3-2-4-6-16)29-15-22(27)17-7-9-18(24)10-8-17;/h2-13H,14-15H2,1H3;1H. The van der Waals surface area contributed by atoms with E-state index in [4.69, 9.17) is 9.72 Å². The molecule has 0 amide bonds. The van der Waals surface area contributed by atoms with E-state index in [1.54, 1.807) is 7.11 Å². The Bertz CT molecular complexity index is 1150. The van der Waals surface area contributed by atoms with Crippen molar-refractivity contribution in [2.45, 2.75) is 11.7 Å². The van der Waals surface area contributed by atoms with E-state index in [1.165, 1.54) is 17.3 Å². The number of hydrogen-bond acceptors (Lipinski definition) is 4. The number of thioether (sulfide) groups is 1. The monoisotopic (exact) mass is 546 g/mol. The van der Waals surface area contributed by atoms with Gasteiger partial charge in [-0.1, -0.05) is 70.2 Å². The van der Waals surface area contributed by atoms with Gasteiger partial charge >= 0.3 is 0 Å². The van der Waals surface area contributed by atoms with Gasteiger partial charge in [0.1, 0.15) is 5.75 Å². The summed E-state index contributed by atoms with van der Waals surface area (Å²) in [5.41, 5.74) is 3.77. The molecule has 0 atom stereocenters. The van der Waals surface area contributed by atoms with Crippen LogP contribution < -0.4 is 4.74 Å². The Kier molecular flexibility index (Phi) is 7.75. The van der Waals surface area contributed by atoms with E-state index < -0.39 is 0 Å². The van der Waals surface area contributed by atoms with Gasteiger partial charge in [0.05, 0.1) is 30.4 Å². The summed E-state index contributed by atoms with van der Waals surface area (Å²) in [4.78, 5) is 17.4. The fourth-order valence-corrected chi connectivity index (χ4v) is 4.27. The van der Waals surface area contributed by atoms with Gasteiger partial charge in [0.25, 0.3) is 0 Å². The van der Waals surface area contributed by atoms with Crippen molar-refractivity contribution >= 4 is 61.5 Å². The number of nitrogens with zero attached hydrogens (tertiary/aromatic N) is 2. The topological polar surface area (TPSA) is 44.1 Å². The number of ketones is 1. The number of fused-ring (bicyclic) bond motifs is 1. The summed E-state index contributed by atoms with van der Waals surface area (Å²) in [6.45, 7) is 0.693. The molecule has 7 heteroatoms. The summed E-state index contributed by atoms with van der Waals surface area (Å²) in [6, 6.07) is 23.6. The molecule has 4 aromatic rings. The van der Waals surface area contributed by atoms with Gasteiger partial charge in [-0.05, 0) is 29.8 Å². The van der Waals surface area contributed by atoms with Crippen molar-refractivity contribution in [1.82, 2.24) is 9.55 Å². The number of carbonyl (C=O) groups is 1. The quantitative estimate of drug-likeness (QED) is 0.198. The number of rotatable bonds is 7. The Morgan fingerprint density at radius 1 is 1.07 bits per heavy atom. The Morgan fingerprint density at radius 3 is 2.50 bits per heavy atom. The van der Waals surface area contributed by atoms with Crippen LogP contribution in [0.5, 0.6) is 5.75 Å². The minimum absolute atomic E-state index is 0. The molecule has 0 bridgehead atoms. The molecule has 0 unspecified atom stereocenters. The van der Waals surface area contributed by atoms with Crippen molar-refractivity contribution < 1.29 is 9.53 Å². The molecule has 0 spiro atoms. The number of Topliss-reactive ketones (excluding diaryl/α,β-unsaturated/α-hetero) is 1. The smallest absolute Gasteiger partial charge is 0.173 e. The highest BCUT2D eigenvalue weighted by Crippen LogP contribution is 2.28. The van der Waals surface area contributed by atoms with E-state index in [9.17, 15) is 4.79 Å². The molecule has 0 aliphatic rings. The second-order valence-electron chi connectivity index (χ2n) is 6.54. The highest BCUT2D eigenvalue weighted by molar-refractivity contribution is 9.10. The Morgan fingerprint density at radius 2 is 1.80 bits per heavy atom. The predicted octanol–water partition coefficient (Wildman–Crippen LogP) is 6.41. The predicted molar refractivity (Wildman–Crippen MR) is 131 cm³/mol. The molecule has 154 valence electrons. The Labute approximate surface area is 198 Å². The van der Waals surface area contributed by atoms with Gasteiger partial charge in [-0.2, -0.15) is 0 Å². The lowest BCUT2D eigenvalue weighted by Crippen LogP contribution is -2.05. The molecule has 1 heterocycles. The van der Waals surface area contributed by atoms with E-state index >= 15 is 0 Å². The molecular weight excluding hydrogens is 528 g/mol. The molecule has 0 saturated heterocycles. The van der Waals surface area contributed by atoms with Crippen LogP contribution in [0, 0.1) is 0 Å². The summed E-state index contributed by atoms with van der Waals surface area (Å²) >= 11 is 4.86. The van der Waals surface area contributed by atoms with Crippen LogP contribution in [0.3, 0.4) is 0 Å². The van der Waals surface area contributed by atoms with Crippen molar-refractivity contribution in [3.8, 4) is 5.75 Å². The second kappa shape index (κ2) is 10.3. The third kappa shape index (κ3) is 5.14. The number of ether oxygens (including phenoxy) is 1. The number of benzene rings is 3. The first-order chi connectivity index (χ1) is 14.1. The summed E-state index contributed by atoms with van der Waals surface area (Å²) in [5, 5.41) is 0.822. The van der Waals surface area contributed by atoms with Crippen molar-refractivity contribution in [3.63, 3.8) is 0 Å². The third-order valence-corrected chi connectivity index (χ3v) is 6.11. The highest BCUT2D eigenvalue weighted by Gasteiger charge is 2.15. The van der Waals surface area contributed by atoms with Crippen LogP contribution in [-0.4, -0.2) is 28.2 Å². The van der Waals surface area contributed by atoms with Crippen LogP contribution >= 0.6 is 44.7 Å². The summed E-state index contributed by atoms with van der Waals surface area (Å²) < 4.78 is 8.46. The summed E-state index contributed by atoms with van der Waals surface area (Å²) in [7, 11) is 1.65. The van der Waals surface area contributed by atoms with Gasteiger partial charge in [-0.25, -0.2) is 4.98 Å². The highest BCUT2D eigenvalue weighted by atomic mass is 79.9. The first-order valence-corrected chi connectivity index (χ1v) is 10.9. The molecule has 1 aromatic heterocycles. The zero-order chi connectivity index (χ0) is 20.2. The average molecular weight is 548 g/mol. The molecule has 0 radical (unpaired) electrons. The molecule has 4 rings (SSSR count). The Balaban J connectivity index is 0.00000256. The van der Waals surface area contributed by atoms with Crippen LogP contribution in [0.4, 0.5) is 0 Å². The van der Waals surface area contributed by atoms with Crippen molar-refractivity contribution in [2.75, 3.05) is 12.9 Å². The molecule has 30 heavy (non-hydrogen) atoms. The Hall–Kier alpha value is -2.09. The number of methoxy groups -OCH3 is 1. The van der Waals surface area contributed by atoms with Crippen molar-refractivity contribution in [2.24, 2.45) is 0 Å². The first kappa shape index (κ1) is 22.6. The minimum atomic E-state index is 0. The maximum Gasteiger partial charge on any atom is 0.173 e. The van der Waals surface area contributed by atoms with E-state index in [-0.39, 0.29) is 22.8 Å². The van der Waals surface area contributed by atoms with Gasteiger partial charge in [-0.3, -0.25) is 4.79 Å². The fraction of sp³-hybridized carbons (Fsp3) is 0.130. The number of carbonyl (C=O) groups excluding carboxylic acids is 1. The van der Waals surface area contributed by atoms with Crippen LogP contribution in [0.1, 0.15) is 15.9 Å². The van der Waals surface area contributed by atoms with Crippen molar-refractivity contribution in [1.29, 1.82) is 0 Å². The first-order valence-electron chi connectivity index (χ1n) is 9.14. The lowest BCUT2D eigenvalue weighted by atomic mass is 10.2. The summed E-state index contributed by atoms with van der Waals surface area (Å²) in [6.07, 6.45) is 0. The van der Waals surface area contributed by atoms with Gasteiger partial charge in [0.15, 0.2) is 10.9 Å². The normalized spacial score (nSPS) is 10.6. The molecule has 0 aliphatic heterocycles. The van der Waals surface area contributed by atoms with Gasteiger partial charge in [0, 0.05) is 16.1 Å². The molecule has 0 aliphatic carbocycles. The minimum Gasteiger partial charge on any atom is -0.497 e. The number of imidazole rings is 1. The van der Waals surface area contributed by atoms with Crippen LogP contribution in [0.15, 0.2) is 82.4 Å². The second-order valence-corrected chi connectivity index (χ2v) is 8.40.